The van der Waals surface area contributed by atoms with E-state index < -0.39 is 0 Å². The van der Waals surface area contributed by atoms with Crippen LogP contribution < -0.4 is 15.5 Å². The second-order valence-electron chi connectivity index (χ2n) is 3.54. The molecule has 6 nitrogen and oxygen atoms in total. The van der Waals surface area contributed by atoms with Crippen LogP contribution >= 0.6 is 11.8 Å². The van der Waals surface area contributed by atoms with E-state index in [1.54, 1.807) is 7.05 Å². The van der Waals surface area contributed by atoms with Gasteiger partial charge in [-0.05, 0) is 13.2 Å². The fourth-order valence-electron chi connectivity index (χ4n) is 1.40. The highest BCUT2D eigenvalue weighted by molar-refractivity contribution is 7.98. The highest BCUT2D eigenvalue weighted by Gasteiger charge is 2.12. The number of nitrogens with zero attached hydrogens (tertiary/aromatic N) is 3. The lowest BCUT2D eigenvalue weighted by molar-refractivity contribution is -0.119. The van der Waals surface area contributed by atoms with E-state index in [9.17, 15) is 4.79 Å². The van der Waals surface area contributed by atoms with Gasteiger partial charge >= 0.3 is 0 Å². The molecule has 7 heteroatoms. The normalized spacial score (nSPS) is 10.0. The Bertz CT molecular complexity index is 390. The van der Waals surface area contributed by atoms with Gasteiger partial charge in [-0.1, -0.05) is 11.8 Å². The van der Waals surface area contributed by atoms with Crippen molar-refractivity contribution in [2.75, 3.05) is 43.7 Å². The maximum atomic E-state index is 11.4. The van der Waals surface area contributed by atoms with Crippen molar-refractivity contribution in [3.05, 3.63) is 6.07 Å². The summed E-state index contributed by atoms with van der Waals surface area (Å²) in [5, 5.41) is 6.30. The van der Waals surface area contributed by atoms with Crippen molar-refractivity contribution in [1.29, 1.82) is 0 Å². The molecule has 100 valence electrons. The monoisotopic (exact) mass is 269 g/mol. The number of aromatic nitrogens is 2. The average molecular weight is 269 g/mol. The van der Waals surface area contributed by atoms with Crippen molar-refractivity contribution in [1.82, 2.24) is 15.3 Å². The number of anilines is 2. The van der Waals surface area contributed by atoms with Gasteiger partial charge in [0.25, 0.3) is 0 Å². The zero-order valence-electron chi connectivity index (χ0n) is 11.1. The highest BCUT2D eigenvalue weighted by Crippen LogP contribution is 2.19. The summed E-state index contributed by atoms with van der Waals surface area (Å²) in [6, 6.07) is 1.84. The first kappa shape index (κ1) is 14.6. The van der Waals surface area contributed by atoms with Gasteiger partial charge in [-0.2, -0.15) is 0 Å². The summed E-state index contributed by atoms with van der Waals surface area (Å²) in [5.74, 6) is 1.47. The van der Waals surface area contributed by atoms with Crippen molar-refractivity contribution < 1.29 is 4.79 Å². The molecule has 1 aromatic rings. The topological polar surface area (TPSA) is 70.2 Å². The van der Waals surface area contributed by atoms with Gasteiger partial charge in [-0.3, -0.25) is 4.79 Å². The van der Waals surface area contributed by atoms with Crippen LogP contribution in [0.15, 0.2) is 11.2 Å². The number of hydrogen-bond donors (Lipinski definition) is 2. The van der Waals surface area contributed by atoms with Crippen LogP contribution in [0.2, 0.25) is 0 Å². The van der Waals surface area contributed by atoms with Crippen LogP contribution in [-0.2, 0) is 4.79 Å². The largest absolute Gasteiger partial charge is 0.373 e. The molecular weight excluding hydrogens is 250 g/mol. The summed E-state index contributed by atoms with van der Waals surface area (Å²) in [5.41, 5.74) is 0. The molecule has 0 saturated carbocycles. The smallest absolute Gasteiger partial charge is 0.239 e. The number of thioether (sulfide) groups is 1. The predicted octanol–water partition coefficient (Wildman–Crippen LogP) is 0.812. The lowest BCUT2D eigenvalue weighted by atomic mass is 10.4. The first-order valence-electron chi connectivity index (χ1n) is 5.70. The van der Waals surface area contributed by atoms with E-state index in [1.807, 2.05) is 31.2 Å². The molecule has 0 unspecified atom stereocenters. The quantitative estimate of drug-likeness (QED) is 0.588. The van der Waals surface area contributed by atoms with Gasteiger partial charge in [-0.25, -0.2) is 9.97 Å². The minimum atomic E-state index is -0.0350. The summed E-state index contributed by atoms with van der Waals surface area (Å²) in [7, 11) is 3.44. The summed E-state index contributed by atoms with van der Waals surface area (Å²) < 4.78 is 0. The predicted molar refractivity (Wildman–Crippen MR) is 75.3 cm³/mol. The number of nitrogens with one attached hydrogen (secondary N) is 2. The molecule has 1 heterocycles. The van der Waals surface area contributed by atoms with Crippen molar-refractivity contribution in [3.63, 3.8) is 0 Å². The molecule has 0 aliphatic rings. The second-order valence-corrected chi connectivity index (χ2v) is 4.31. The van der Waals surface area contributed by atoms with Gasteiger partial charge in [0.05, 0.1) is 6.54 Å². The third kappa shape index (κ3) is 3.76. The standard InChI is InChI=1S/C11H19N5OS/c1-5-16(7-10(17)13-3)9-6-8(12-2)14-11(15-9)18-4/h6H,5,7H2,1-4H3,(H,13,17)(H,12,14,15). The molecule has 0 atom stereocenters. The van der Waals surface area contributed by atoms with Crippen LogP contribution in [0.25, 0.3) is 0 Å². The molecule has 2 N–H and O–H groups in total. The molecule has 1 aromatic heterocycles. The van der Waals surface area contributed by atoms with E-state index in [-0.39, 0.29) is 5.91 Å². The van der Waals surface area contributed by atoms with E-state index in [1.165, 1.54) is 11.8 Å². The molecule has 0 fully saturated rings. The first-order chi connectivity index (χ1) is 8.64. The molecule has 0 radical (unpaired) electrons. The lowest BCUT2D eigenvalue weighted by Gasteiger charge is -2.21. The fourth-order valence-corrected chi connectivity index (χ4v) is 1.78. The van der Waals surface area contributed by atoms with Gasteiger partial charge < -0.3 is 15.5 Å². The Morgan fingerprint density at radius 2 is 2.17 bits per heavy atom. The van der Waals surface area contributed by atoms with E-state index >= 15 is 0 Å². The Kier molecular flexibility index (Phi) is 5.70. The molecule has 0 spiro atoms. The molecular formula is C11H19N5OS. The number of carbonyl (C=O) groups is 1. The van der Waals surface area contributed by atoms with Gasteiger partial charge in [0.1, 0.15) is 11.6 Å². The Morgan fingerprint density at radius 3 is 2.67 bits per heavy atom. The number of amides is 1. The van der Waals surface area contributed by atoms with Gasteiger partial charge in [0.15, 0.2) is 5.16 Å². The first-order valence-corrected chi connectivity index (χ1v) is 6.93. The van der Waals surface area contributed by atoms with E-state index in [0.29, 0.717) is 18.2 Å². The maximum Gasteiger partial charge on any atom is 0.239 e. The Hall–Kier alpha value is -1.50. The van der Waals surface area contributed by atoms with Gasteiger partial charge in [-0.15, -0.1) is 0 Å². The lowest BCUT2D eigenvalue weighted by Crippen LogP contribution is -2.36. The third-order valence-electron chi connectivity index (χ3n) is 2.45. The van der Waals surface area contributed by atoms with E-state index in [2.05, 4.69) is 20.6 Å². The zero-order chi connectivity index (χ0) is 13.5. The Morgan fingerprint density at radius 1 is 1.44 bits per heavy atom. The summed E-state index contributed by atoms with van der Waals surface area (Å²) >= 11 is 1.48. The van der Waals surface area contributed by atoms with Gasteiger partial charge in [0, 0.05) is 26.7 Å². The van der Waals surface area contributed by atoms with Gasteiger partial charge in [0.2, 0.25) is 5.91 Å². The van der Waals surface area contributed by atoms with Crippen LogP contribution in [-0.4, -0.2) is 49.3 Å². The Balaban J connectivity index is 3.00. The molecule has 0 aromatic carbocycles. The zero-order valence-corrected chi connectivity index (χ0v) is 12.0. The molecule has 0 bridgehead atoms. The molecule has 1 rings (SSSR count). The number of rotatable bonds is 6. The molecule has 0 aliphatic heterocycles. The number of likely N-dealkylation sites (N-methyl/N-ethyl adjacent to an activating group) is 2. The van der Waals surface area contributed by atoms with Crippen LogP contribution in [0.5, 0.6) is 0 Å². The Labute approximate surface area is 112 Å². The molecule has 18 heavy (non-hydrogen) atoms. The third-order valence-corrected chi connectivity index (χ3v) is 3.00. The van der Waals surface area contributed by atoms with Crippen molar-refractivity contribution in [3.8, 4) is 0 Å². The SMILES string of the molecule is CCN(CC(=O)NC)c1cc(NC)nc(SC)n1. The van der Waals surface area contributed by atoms with Crippen LogP contribution in [0.3, 0.4) is 0 Å². The maximum absolute atomic E-state index is 11.4. The van der Waals surface area contributed by atoms with Crippen molar-refractivity contribution in [2.45, 2.75) is 12.1 Å². The molecule has 0 aliphatic carbocycles. The van der Waals surface area contributed by atoms with E-state index in [0.717, 1.165) is 11.6 Å². The number of carbonyl (C=O) groups excluding carboxylic acids is 1. The van der Waals surface area contributed by atoms with E-state index in [4.69, 9.17) is 0 Å². The minimum Gasteiger partial charge on any atom is -0.373 e. The highest BCUT2D eigenvalue weighted by atomic mass is 32.2. The number of hydrogen-bond acceptors (Lipinski definition) is 6. The minimum absolute atomic E-state index is 0.0350. The molecule has 0 saturated heterocycles. The average Bonchev–Trinajstić information content (AvgIpc) is 2.43. The van der Waals surface area contributed by atoms with Crippen LogP contribution in [0, 0.1) is 0 Å². The summed E-state index contributed by atoms with van der Waals surface area (Å²) in [6.45, 7) is 2.99. The summed E-state index contributed by atoms with van der Waals surface area (Å²) in [6.07, 6.45) is 1.92. The van der Waals surface area contributed by atoms with Crippen molar-refractivity contribution in [2.24, 2.45) is 0 Å². The summed E-state index contributed by atoms with van der Waals surface area (Å²) in [4.78, 5) is 22.1. The van der Waals surface area contributed by atoms with Crippen molar-refractivity contribution >= 4 is 29.3 Å². The molecule has 1 amide bonds. The van der Waals surface area contributed by atoms with Crippen LogP contribution in [0.4, 0.5) is 11.6 Å². The second kappa shape index (κ2) is 7.05. The fraction of sp³-hybridized carbons (Fsp3) is 0.545. The van der Waals surface area contributed by atoms with Crippen LogP contribution in [0.1, 0.15) is 6.92 Å².